The minimum atomic E-state index is -0.854. The number of carbonyl (C=O) groups excluding carboxylic acids is 2. The van der Waals surface area contributed by atoms with E-state index in [1.807, 2.05) is 43.3 Å². The summed E-state index contributed by atoms with van der Waals surface area (Å²) in [7, 11) is 3.98. The van der Waals surface area contributed by atoms with Gasteiger partial charge in [0, 0.05) is 50.0 Å². The number of aromatic nitrogens is 2. The van der Waals surface area contributed by atoms with Crippen molar-refractivity contribution in [3.63, 3.8) is 0 Å². The number of anilines is 3. The number of para-hydroxylation sites is 1. The van der Waals surface area contributed by atoms with Crippen molar-refractivity contribution in [2.75, 3.05) is 29.6 Å². The Kier molecular flexibility index (Phi) is 9.59. The minimum Gasteiger partial charge on any atom is -0.362 e. The molecule has 3 aromatic carbocycles. The van der Waals surface area contributed by atoms with Crippen LogP contribution < -0.4 is 15.5 Å². The Morgan fingerprint density at radius 2 is 1.67 bits per heavy atom. The van der Waals surface area contributed by atoms with Crippen molar-refractivity contribution < 1.29 is 18.4 Å². The van der Waals surface area contributed by atoms with E-state index in [1.165, 1.54) is 6.07 Å². The summed E-state index contributed by atoms with van der Waals surface area (Å²) in [6.07, 6.45) is 6.60. The number of nitrogens with one attached hydrogen (secondary N) is 2. The summed E-state index contributed by atoms with van der Waals surface area (Å²) in [6.45, 7) is 0. The molecule has 0 unspecified atom stereocenters. The number of halogens is 2. The third-order valence-corrected chi connectivity index (χ3v) is 8.08. The Balaban J connectivity index is 1.08. The molecule has 0 aliphatic heterocycles. The Morgan fingerprint density at radius 3 is 2.44 bits per heavy atom. The average molecular weight is 586 g/mol. The van der Waals surface area contributed by atoms with Crippen LogP contribution in [0.4, 0.5) is 26.2 Å². The minimum absolute atomic E-state index is 0.0636. The van der Waals surface area contributed by atoms with E-state index in [2.05, 4.69) is 10.6 Å². The molecule has 224 valence electrons. The number of ketones is 1. The van der Waals surface area contributed by atoms with Gasteiger partial charge in [-0.25, -0.2) is 13.8 Å². The lowest BCUT2D eigenvalue weighted by Crippen LogP contribution is -2.27. The molecule has 0 atom stereocenters. The van der Waals surface area contributed by atoms with Gasteiger partial charge in [-0.2, -0.15) is 4.98 Å². The van der Waals surface area contributed by atoms with Crippen LogP contribution in [0, 0.1) is 17.6 Å². The van der Waals surface area contributed by atoms with E-state index in [1.54, 1.807) is 24.3 Å². The van der Waals surface area contributed by atoms with Gasteiger partial charge in [0.05, 0.1) is 11.2 Å². The molecular weight excluding hydrogens is 548 g/mol. The predicted molar refractivity (Wildman–Crippen MR) is 167 cm³/mol. The van der Waals surface area contributed by atoms with E-state index in [0.29, 0.717) is 41.5 Å². The molecule has 1 saturated carbocycles. The van der Waals surface area contributed by atoms with Crippen LogP contribution in [0.2, 0.25) is 0 Å². The zero-order valence-corrected chi connectivity index (χ0v) is 24.6. The molecule has 0 saturated heterocycles. The third kappa shape index (κ3) is 7.71. The summed E-state index contributed by atoms with van der Waals surface area (Å²) in [5.41, 5.74) is 1.71. The van der Waals surface area contributed by atoms with Crippen LogP contribution in [0.3, 0.4) is 0 Å². The molecule has 0 bridgehead atoms. The molecule has 1 heterocycles. The third-order valence-electron chi connectivity index (χ3n) is 8.08. The average Bonchev–Trinajstić information content (AvgIpc) is 2.99. The number of carbonyl (C=O) groups is 2. The van der Waals surface area contributed by atoms with Gasteiger partial charge < -0.3 is 15.5 Å². The van der Waals surface area contributed by atoms with Gasteiger partial charge in [0.15, 0.2) is 0 Å². The lowest BCUT2D eigenvalue weighted by atomic mass is 9.83. The molecule has 1 fully saturated rings. The molecule has 0 radical (unpaired) electrons. The summed E-state index contributed by atoms with van der Waals surface area (Å²) in [4.78, 5) is 37.2. The first-order valence-corrected chi connectivity index (χ1v) is 14.8. The SMILES string of the molecule is CN(C)c1nc(NC2CCC(CCCC(=O)Cc3ccccc3C(=O)Nc3ccc(F)cc3F)CC2)nc2ccccc12. The first kappa shape index (κ1) is 30.1. The van der Waals surface area contributed by atoms with Crippen LogP contribution >= 0.6 is 0 Å². The van der Waals surface area contributed by atoms with Gasteiger partial charge in [-0.15, -0.1) is 0 Å². The number of rotatable bonds is 11. The first-order chi connectivity index (χ1) is 20.8. The number of nitrogens with zero attached hydrogens (tertiary/aromatic N) is 3. The van der Waals surface area contributed by atoms with Crippen molar-refractivity contribution in [1.82, 2.24) is 9.97 Å². The molecule has 1 amide bonds. The predicted octanol–water partition coefficient (Wildman–Crippen LogP) is 7.18. The number of amides is 1. The van der Waals surface area contributed by atoms with Crippen molar-refractivity contribution in [1.29, 1.82) is 0 Å². The summed E-state index contributed by atoms with van der Waals surface area (Å²) >= 11 is 0. The van der Waals surface area contributed by atoms with Crippen molar-refractivity contribution >= 4 is 40.0 Å². The molecule has 4 aromatic rings. The molecule has 2 N–H and O–H groups in total. The normalized spacial score (nSPS) is 16.6. The summed E-state index contributed by atoms with van der Waals surface area (Å²) in [5, 5.41) is 7.06. The lowest BCUT2D eigenvalue weighted by Gasteiger charge is -2.29. The highest BCUT2D eigenvalue weighted by Gasteiger charge is 2.23. The van der Waals surface area contributed by atoms with Crippen molar-refractivity contribution in [3.8, 4) is 0 Å². The van der Waals surface area contributed by atoms with E-state index in [-0.39, 0.29) is 17.9 Å². The molecule has 5 rings (SSSR count). The molecule has 0 spiro atoms. The van der Waals surface area contributed by atoms with Gasteiger partial charge in [-0.05, 0) is 73.9 Å². The maximum Gasteiger partial charge on any atom is 0.256 e. The van der Waals surface area contributed by atoms with Gasteiger partial charge in [-0.3, -0.25) is 9.59 Å². The number of Topliss-reactive ketones (excluding diaryl/α,β-unsaturated/α-hetero) is 1. The zero-order chi connectivity index (χ0) is 30.3. The second kappa shape index (κ2) is 13.7. The summed E-state index contributed by atoms with van der Waals surface area (Å²) in [5.74, 6) is 0.0850. The monoisotopic (exact) mass is 585 g/mol. The molecule has 1 aromatic heterocycles. The maximum absolute atomic E-state index is 14.0. The van der Waals surface area contributed by atoms with Gasteiger partial charge in [0.25, 0.3) is 5.91 Å². The van der Waals surface area contributed by atoms with Gasteiger partial charge in [-0.1, -0.05) is 36.8 Å². The Bertz CT molecular complexity index is 1600. The molecule has 1 aliphatic rings. The van der Waals surface area contributed by atoms with E-state index in [9.17, 15) is 18.4 Å². The standard InChI is InChI=1S/C34H37F2N5O2/c1-41(2)32-28-12-5-6-13-30(28)39-34(40-32)37-25-17-14-22(15-18-25)8-7-10-26(42)20-23-9-3-4-11-27(23)33(43)38-31-19-16-24(35)21-29(31)36/h3-6,9,11-13,16,19,21-22,25H,7-8,10,14-15,17-18,20H2,1-2H3,(H,38,43)(H,37,39,40). The van der Waals surface area contributed by atoms with Crippen LogP contribution in [-0.2, 0) is 11.2 Å². The maximum atomic E-state index is 14.0. The zero-order valence-electron chi connectivity index (χ0n) is 24.6. The fourth-order valence-electron chi connectivity index (χ4n) is 5.81. The number of fused-ring (bicyclic) bond motifs is 1. The molecule has 43 heavy (non-hydrogen) atoms. The highest BCUT2D eigenvalue weighted by atomic mass is 19.1. The number of benzene rings is 3. The number of hydrogen-bond donors (Lipinski definition) is 2. The van der Waals surface area contributed by atoms with E-state index < -0.39 is 17.5 Å². The molecular formula is C34H37F2N5O2. The van der Waals surface area contributed by atoms with Gasteiger partial charge >= 0.3 is 0 Å². The van der Waals surface area contributed by atoms with Gasteiger partial charge in [0.1, 0.15) is 23.2 Å². The largest absolute Gasteiger partial charge is 0.362 e. The Labute approximate surface area is 250 Å². The van der Waals surface area contributed by atoms with Crippen LogP contribution in [-0.4, -0.2) is 41.8 Å². The fourth-order valence-corrected chi connectivity index (χ4v) is 5.81. The smallest absolute Gasteiger partial charge is 0.256 e. The summed E-state index contributed by atoms with van der Waals surface area (Å²) < 4.78 is 27.2. The first-order valence-electron chi connectivity index (χ1n) is 14.8. The fraction of sp³-hybridized carbons (Fsp3) is 0.353. The van der Waals surface area contributed by atoms with Crippen molar-refractivity contribution in [2.24, 2.45) is 5.92 Å². The molecule has 9 heteroatoms. The number of hydrogen-bond acceptors (Lipinski definition) is 6. The second-order valence-corrected chi connectivity index (χ2v) is 11.5. The lowest BCUT2D eigenvalue weighted by molar-refractivity contribution is -0.118. The highest BCUT2D eigenvalue weighted by molar-refractivity contribution is 6.06. The van der Waals surface area contributed by atoms with Crippen LogP contribution in [0.15, 0.2) is 66.7 Å². The topological polar surface area (TPSA) is 87.2 Å². The van der Waals surface area contributed by atoms with Crippen molar-refractivity contribution in [3.05, 3.63) is 89.5 Å². The van der Waals surface area contributed by atoms with Gasteiger partial charge in [0.2, 0.25) is 5.95 Å². The van der Waals surface area contributed by atoms with E-state index in [4.69, 9.17) is 9.97 Å². The highest BCUT2D eigenvalue weighted by Crippen LogP contribution is 2.31. The molecule has 7 nitrogen and oxygen atoms in total. The van der Waals surface area contributed by atoms with E-state index in [0.717, 1.165) is 61.3 Å². The Morgan fingerprint density at radius 1 is 0.930 bits per heavy atom. The molecule has 1 aliphatic carbocycles. The summed E-state index contributed by atoms with van der Waals surface area (Å²) in [6, 6.07) is 18.1. The van der Waals surface area contributed by atoms with E-state index >= 15 is 0 Å². The van der Waals surface area contributed by atoms with Crippen LogP contribution in [0.5, 0.6) is 0 Å². The Hall–Kier alpha value is -4.40. The second-order valence-electron chi connectivity index (χ2n) is 11.5. The van der Waals surface area contributed by atoms with Crippen LogP contribution in [0.1, 0.15) is 60.9 Å². The quantitative estimate of drug-likeness (QED) is 0.194. The van der Waals surface area contributed by atoms with Crippen molar-refractivity contribution in [2.45, 2.75) is 57.4 Å². The van der Waals surface area contributed by atoms with Crippen LogP contribution in [0.25, 0.3) is 10.9 Å².